The number of nitrogens with zero attached hydrogens (tertiary/aromatic N) is 2. The lowest BCUT2D eigenvalue weighted by atomic mass is 10.1. The second kappa shape index (κ2) is 10.0. The van der Waals surface area contributed by atoms with Crippen LogP contribution in [0.5, 0.6) is 5.75 Å². The van der Waals surface area contributed by atoms with Crippen molar-refractivity contribution in [2.45, 2.75) is 6.92 Å². The summed E-state index contributed by atoms with van der Waals surface area (Å²) in [7, 11) is 0. The van der Waals surface area contributed by atoms with E-state index in [1.54, 1.807) is 18.2 Å². The van der Waals surface area contributed by atoms with Gasteiger partial charge in [-0.3, -0.25) is 19.4 Å². The van der Waals surface area contributed by atoms with Gasteiger partial charge >= 0.3 is 0 Å². The van der Waals surface area contributed by atoms with Gasteiger partial charge in [-0.15, -0.1) is 0 Å². The van der Waals surface area contributed by atoms with Crippen molar-refractivity contribution in [2.75, 3.05) is 51.2 Å². The largest absolute Gasteiger partial charge is 0.492 e. The summed E-state index contributed by atoms with van der Waals surface area (Å²) in [5.41, 5.74) is 1.12. The lowest BCUT2D eigenvalue weighted by Crippen LogP contribution is -2.49. The molecule has 0 aliphatic carbocycles. The second-order valence-electron chi connectivity index (χ2n) is 6.93. The fourth-order valence-electron chi connectivity index (χ4n) is 3.27. The van der Waals surface area contributed by atoms with Crippen LogP contribution in [-0.4, -0.2) is 67.4 Å². The minimum absolute atomic E-state index is 0.0535. The Bertz CT molecular complexity index is 787. The topological polar surface area (TPSA) is 61.9 Å². The van der Waals surface area contributed by atoms with Crippen LogP contribution < -0.4 is 10.1 Å². The summed E-state index contributed by atoms with van der Waals surface area (Å²) in [6, 6.07) is 16.9. The van der Waals surface area contributed by atoms with Crippen LogP contribution in [0.2, 0.25) is 0 Å². The first kappa shape index (κ1) is 20.0. The van der Waals surface area contributed by atoms with E-state index in [4.69, 9.17) is 4.74 Å². The van der Waals surface area contributed by atoms with Gasteiger partial charge in [-0.2, -0.15) is 0 Å². The summed E-state index contributed by atoms with van der Waals surface area (Å²) >= 11 is 0. The SMILES string of the molecule is CC(=O)c1ccccc1NC(=O)CN1CCN(CCOc2ccccc2)CC1. The first-order valence-electron chi connectivity index (χ1n) is 9.64. The number of amides is 1. The molecule has 1 heterocycles. The summed E-state index contributed by atoms with van der Waals surface area (Å²) in [5.74, 6) is 0.750. The van der Waals surface area contributed by atoms with Crippen molar-refractivity contribution in [3.8, 4) is 5.75 Å². The van der Waals surface area contributed by atoms with E-state index in [-0.39, 0.29) is 11.7 Å². The summed E-state index contributed by atoms with van der Waals surface area (Å²) in [4.78, 5) is 28.5. The van der Waals surface area contributed by atoms with Gasteiger partial charge in [0.25, 0.3) is 0 Å². The predicted octanol–water partition coefficient (Wildman–Crippen LogP) is 2.52. The Labute approximate surface area is 166 Å². The molecular formula is C22H27N3O3. The van der Waals surface area contributed by atoms with E-state index in [2.05, 4.69) is 15.1 Å². The van der Waals surface area contributed by atoms with Crippen LogP contribution in [-0.2, 0) is 4.79 Å². The molecular weight excluding hydrogens is 354 g/mol. The number of ether oxygens (including phenoxy) is 1. The Morgan fingerprint density at radius 3 is 2.29 bits per heavy atom. The standard InChI is InChI=1S/C22H27N3O3/c1-18(26)20-9-5-6-10-21(20)23-22(27)17-25-13-11-24(12-14-25)15-16-28-19-7-3-2-4-8-19/h2-10H,11-17H2,1H3,(H,23,27). The number of carbonyl (C=O) groups excluding carboxylic acids is 2. The van der Waals surface area contributed by atoms with Crippen LogP contribution >= 0.6 is 0 Å². The molecule has 1 amide bonds. The van der Waals surface area contributed by atoms with Crippen LogP contribution in [0.25, 0.3) is 0 Å². The van der Waals surface area contributed by atoms with Crippen LogP contribution in [0.3, 0.4) is 0 Å². The van der Waals surface area contributed by atoms with Crippen molar-refractivity contribution in [3.63, 3.8) is 0 Å². The Kier molecular flexibility index (Phi) is 7.17. The Morgan fingerprint density at radius 1 is 0.929 bits per heavy atom. The van der Waals surface area contributed by atoms with Crippen molar-refractivity contribution in [1.82, 2.24) is 9.80 Å². The molecule has 0 radical (unpaired) electrons. The maximum Gasteiger partial charge on any atom is 0.238 e. The minimum Gasteiger partial charge on any atom is -0.492 e. The molecule has 0 bridgehead atoms. The molecule has 28 heavy (non-hydrogen) atoms. The van der Waals surface area contributed by atoms with E-state index in [0.717, 1.165) is 38.5 Å². The molecule has 6 heteroatoms. The lowest BCUT2D eigenvalue weighted by Gasteiger charge is -2.34. The molecule has 1 N–H and O–H groups in total. The highest BCUT2D eigenvalue weighted by Gasteiger charge is 2.19. The van der Waals surface area contributed by atoms with Crippen molar-refractivity contribution in [3.05, 3.63) is 60.2 Å². The van der Waals surface area contributed by atoms with Crippen molar-refractivity contribution in [2.24, 2.45) is 0 Å². The van der Waals surface area contributed by atoms with Gasteiger partial charge in [0, 0.05) is 38.3 Å². The summed E-state index contributed by atoms with van der Waals surface area (Å²) in [6.45, 7) is 6.88. The van der Waals surface area contributed by atoms with Gasteiger partial charge in [0.2, 0.25) is 5.91 Å². The van der Waals surface area contributed by atoms with E-state index in [9.17, 15) is 9.59 Å². The predicted molar refractivity (Wildman–Crippen MR) is 110 cm³/mol. The van der Waals surface area contributed by atoms with E-state index < -0.39 is 0 Å². The van der Waals surface area contributed by atoms with Crippen molar-refractivity contribution < 1.29 is 14.3 Å². The molecule has 0 spiro atoms. The molecule has 0 saturated carbocycles. The van der Waals surface area contributed by atoms with Crippen LogP contribution in [0.1, 0.15) is 17.3 Å². The number of benzene rings is 2. The number of para-hydroxylation sites is 2. The number of rotatable bonds is 8. The highest BCUT2D eigenvalue weighted by Crippen LogP contribution is 2.15. The highest BCUT2D eigenvalue weighted by atomic mass is 16.5. The van der Waals surface area contributed by atoms with Gasteiger partial charge in [0.05, 0.1) is 12.2 Å². The molecule has 2 aromatic rings. The van der Waals surface area contributed by atoms with E-state index in [0.29, 0.717) is 24.4 Å². The van der Waals surface area contributed by atoms with Crippen molar-refractivity contribution in [1.29, 1.82) is 0 Å². The Balaban J connectivity index is 1.38. The molecule has 6 nitrogen and oxygen atoms in total. The quantitative estimate of drug-likeness (QED) is 0.712. The van der Waals surface area contributed by atoms with E-state index >= 15 is 0 Å². The van der Waals surface area contributed by atoms with Gasteiger partial charge < -0.3 is 10.1 Å². The average molecular weight is 381 g/mol. The molecule has 3 rings (SSSR count). The highest BCUT2D eigenvalue weighted by molar-refractivity contribution is 6.04. The molecule has 148 valence electrons. The van der Waals surface area contributed by atoms with Crippen LogP contribution in [0.15, 0.2) is 54.6 Å². The summed E-state index contributed by atoms with van der Waals surface area (Å²) in [6.07, 6.45) is 0. The Hall–Kier alpha value is -2.70. The molecule has 2 aromatic carbocycles. The average Bonchev–Trinajstić information content (AvgIpc) is 2.70. The first-order valence-corrected chi connectivity index (χ1v) is 9.64. The van der Waals surface area contributed by atoms with E-state index in [1.165, 1.54) is 6.92 Å². The fraction of sp³-hybridized carbons (Fsp3) is 0.364. The number of carbonyl (C=O) groups is 2. The lowest BCUT2D eigenvalue weighted by molar-refractivity contribution is -0.117. The zero-order chi connectivity index (χ0) is 19.8. The second-order valence-corrected chi connectivity index (χ2v) is 6.93. The number of ketones is 1. The van der Waals surface area contributed by atoms with E-state index in [1.807, 2.05) is 36.4 Å². The maximum atomic E-state index is 12.4. The maximum absolute atomic E-state index is 12.4. The fourth-order valence-corrected chi connectivity index (χ4v) is 3.27. The first-order chi connectivity index (χ1) is 13.6. The number of nitrogens with one attached hydrogen (secondary N) is 1. The molecule has 0 unspecified atom stereocenters. The number of Topliss-reactive ketones (excluding diaryl/α,β-unsaturated/α-hetero) is 1. The van der Waals surface area contributed by atoms with Gasteiger partial charge in [-0.1, -0.05) is 30.3 Å². The molecule has 0 aromatic heterocycles. The molecule has 0 atom stereocenters. The van der Waals surface area contributed by atoms with Crippen molar-refractivity contribution >= 4 is 17.4 Å². The Morgan fingerprint density at radius 2 is 1.57 bits per heavy atom. The number of piperazine rings is 1. The van der Waals surface area contributed by atoms with Gasteiger partial charge in [-0.05, 0) is 31.2 Å². The van der Waals surface area contributed by atoms with Crippen LogP contribution in [0.4, 0.5) is 5.69 Å². The number of anilines is 1. The summed E-state index contributed by atoms with van der Waals surface area (Å²) in [5, 5.41) is 2.87. The van der Waals surface area contributed by atoms with Gasteiger partial charge in [0.1, 0.15) is 12.4 Å². The zero-order valence-electron chi connectivity index (χ0n) is 16.3. The minimum atomic E-state index is -0.0884. The molecule has 1 fully saturated rings. The molecule has 1 aliphatic rings. The van der Waals surface area contributed by atoms with Crippen LogP contribution in [0, 0.1) is 0 Å². The number of hydrogen-bond acceptors (Lipinski definition) is 5. The monoisotopic (exact) mass is 381 g/mol. The molecule has 1 aliphatic heterocycles. The summed E-state index contributed by atoms with van der Waals surface area (Å²) < 4.78 is 5.75. The normalized spacial score (nSPS) is 15.2. The molecule has 1 saturated heterocycles. The third-order valence-corrected chi connectivity index (χ3v) is 4.83. The van der Waals surface area contributed by atoms with Gasteiger partial charge in [-0.25, -0.2) is 0 Å². The zero-order valence-corrected chi connectivity index (χ0v) is 16.3. The smallest absolute Gasteiger partial charge is 0.238 e. The third-order valence-electron chi connectivity index (χ3n) is 4.83. The van der Waals surface area contributed by atoms with Gasteiger partial charge in [0.15, 0.2) is 5.78 Å². The third kappa shape index (κ3) is 5.90. The number of hydrogen-bond donors (Lipinski definition) is 1.